The van der Waals surface area contributed by atoms with E-state index in [4.69, 9.17) is 9.47 Å². The van der Waals surface area contributed by atoms with Crippen molar-refractivity contribution in [3.63, 3.8) is 0 Å². The second-order valence-corrected chi connectivity index (χ2v) is 11.4. The number of carbonyl (C=O) groups is 2. The maximum atomic E-state index is 14.3. The van der Waals surface area contributed by atoms with Crippen molar-refractivity contribution in [1.82, 2.24) is 4.57 Å². The topological polar surface area (TPSA) is 90.2 Å². The molecule has 2 aliphatic rings. The largest absolute Gasteiger partial charge is 0.497 e. The van der Waals surface area contributed by atoms with Crippen molar-refractivity contribution in [1.29, 1.82) is 0 Å². The third-order valence-corrected chi connectivity index (χ3v) is 8.38. The maximum Gasteiger partial charge on any atom is 0.338 e. The molecule has 9 heteroatoms. The first kappa shape index (κ1) is 27.4. The minimum atomic E-state index is -0.792. The van der Waals surface area contributed by atoms with E-state index in [2.05, 4.69) is 4.99 Å². The zero-order valence-corrected chi connectivity index (χ0v) is 24.5. The van der Waals surface area contributed by atoms with Gasteiger partial charge in [0.1, 0.15) is 10.3 Å². The summed E-state index contributed by atoms with van der Waals surface area (Å²) < 4.78 is 12.7. The average Bonchev–Trinajstić information content (AvgIpc) is 3.44. The van der Waals surface area contributed by atoms with E-state index in [0.717, 1.165) is 22.6 Å². The van der Waals surface area contributed by atoms with Gasteiger partial charge in [0.05, 0.1) is 48.3 Å². The lowest BCUT2D eigenvalue weighted by Gasteiger charge is -2.25. The third-order valence-electron chi connectivity index (χ3n) is 7.33. The Balaban J connectivity index is 1.57. The molecule has 4 aromatic rings. The highest BCUT2D eigenvalue weighted by atomic mass is 32.1. The second-order valence-electron chi connectivity index (χ2n) is 10.4. The third kappa shape index (κ3) is 4.65. The van der Waals surface area contributed by atoms with E-state index in [9.17, 15) is 14.4 Å². The molecule has 1 atom stereocenters. The van der Waals surface area contributed by atoms with Crippen molar-refractivity contribution >= 4 is 34.5 Å². The number of amides is 1. The Morgan fingerprint density at radius 2 is 1.67 bits per heavy atom. The van der Waals surface area contributed by atoms with Gasteiger partial charge in [0.25, 0.3) is 11.5 Å². The minimum Gasteiger partial charge on any atom is -0.497 e. The van der Waals surface area contributed by atoms with Gasteiger partial charge in [-0.15, -0.1) is 0 Å². The minimum absolute atomic E-state index is 0.249. The lowest BCUT2D eigenvalue weighted by Crippen LogP contribution is -2.41. The fraction of sp³-hybridized carbons (Fsp3) is 0.212. The van der Waals surface area contributed by atoms with E-state index in [1.165, 1.54) is 4.57 Å². The number of allylic oxidation sites excluding steroid dienone is 1. The molecular formula is C33H29N3O5S. The lowest BCUT2D eigenvalue weighted by molar-refractivity contribution is -0.143. The van der Waals surface area contributed by atoms with Crippen LogP contribution in [-0.2, 0) is 20.9 Å². The molecule has 0 bridgehead atoms. The van der Waals surface area contributed by atoms with Crippen LogP contribution in [0.2, 0.25) is 0 Å². The van der Waals surface area contributed by atoms with Gasteiger partial charge < -0.3 is 14.4 Å². The molecule has 3 heterocycles. The molecule has 0 N–H and O–H groups in total. The summed E-state index contributed by atoms with van der Waals surface area (Å²) in [6, 6.07) is 23.7. The van der Waals surface area contributed by atoms with Crippen LogP contribution in [-0.4, -0.2) is 29.7 Å². The van der Waals surface area contributed by atoms with Gasteiger partial charge in [-0.05, 0) is 50.1 Å². The molecule has 2 aliphatic heterocycles. The van der Waals surface area contributed by atoms with Crippen LogP contribution in [0, 0.1) is 0 Å². The first-order valence-electron chi connectivity index (χ1n) is 13.6. The maximum absolute atomic E-state index is 14.3. The first-order valence-corrected chi connectivity index (χ1v) is 14.5. The van der Waals surface area contributed by atoms with Crippen LogP contribution in [0.3, 0.4) is 0 Å². The van der Waals surface area contributed by atoms with Crippen molar-refractivity contribution in [3.05, 3.63) is 127 Å². The van der Waals surface area contributed by atoms with Crippen molar-refractivity contribution in [3.8, 4) is 5.75 Å². The molecule has 0 spiro atoms. The number of benzene rings is 3. The molecule has 0 fully saturated rings. The standard InChI is InChI=1S/C33H29N3O5S/c1-19(2)41-32(39)26-20(3)34-33-36(28(26)22-14-16-23(40-4)17-15-22)31(38)29(42-33)27-24-12-8-9-13-25(24)35(30(27)37)18-21-10-6-5-7-11-21/h5-17,19,28H,18H2,1-4H3/b29-27-/t28-/m1/s1. The van der Waals surface area contributed by atoms with Crippen molar-refractivity contribution in [2.45, 2.75) is 39.5 Å². The monoisotopic (exact) mass is 579 g/mol. The highest BCUT2D eigenvalue weighted by Gasteiger charge is 2.37. The number of carbonyl (C=O) groups excluding carboxylic acids is 2. The Morgan fingerprint density at radius 3 is 2.36 bits per heavy atom. The Morgan fingerprint density at radius 1 is 0.976 bits per heavy atom. The molecule has 0 unspecified atom stereocenters. The molecule has 1 amide bonds. The SMILES string of the molecule is COc1ccc([C@@H]2C(C(=O)OC(C)C)=C(C)N=c3s/c(=C4\C(=O)N(Cc5ccccc5)c5ccccc54)c(=O)n32)cc1. The molecule has 3 aromatic carbocycles. The van der Waals surface area contributed by atoms with Crippen LogP contribution < -0.4 is 24.5 Å². The summed E-state index contributed by atoms with van der Waals surface area (Å²) in [5.41, 5.74) is 3.81. The van der Waals surface area contributed by atoms with Gasteiger partial charge in [-0.25, -0.2) is 9.79 Å². The number of thiazole rings is 1. The quantitative estimate of drug-likeness (QED) is 0.321. The van der Waals surface area contributed by atoms with Crippen LogP contribution in [0.25, 0.3) is 5.57 Å². The fourth-order valence-corrected chi connectivity index (χ4v) is 6.57. The number of fused-ring (bicyclic) bond motifs is 2. The number of anilines is 1. The average molecular weight is 580 g/mol. The lowest BCUT2D eigenvalue weighted by atomic mass is 9.95. The van der Waals surface area contributed by atoms with Crippen LogP contribution in [0.15, 0.2) is 99.9 Å². The van der Waals surface area contributed by atoms with Gasteiger partial charge in [-0.3, -0.25) is 14.2 Å². The Kier molecular flexibility index (Phi) is 7.12. The molecule has 8 nitrogen and oxygen atoms in total. The highest BCUT2D eigenvalue weighted by Crippen LogP contribution is 2.37. The summed E-state index contributed by atoms with van der Waals surface area (Å²) in [6.45, 7) is 5.66. The van der Waals surface area contributed by atoms with Crippen molar-refractivity contribution in [2.75, 3.05) is 12.0 Å². The van der Waals surface area contributed by atoms with E-state index >= 15 is 0 Å². The van der Waals surface area contributed by atoms with Crippen molar-refractivity contribution in [2.24, 2.45) is 4.99 Å². The van der Waals surface area contributed by atoms with Crippen LogP contribution >= 0.6 is 11.3 Å². The number of ether oxygens (including phenoxy) is 2. The molecule has 0 aliphatic carbocycles. The predicted octanol–water partition coefficient (Wildman–Crippen LogP) is 4.11. The summed E-state index contributed by atoms with van der Waals surface area (Å²) in [5.74, 6) is -0.144. The highest BCUT2D eigenvalue weighted by molar-refractivity contribution is 7.07. The van der Waals surface area contributed by atoms with Crippen molar-refractivity contribution < 1.29 is 19.1 Å². The van der Waals surface area contributed by atoms with Gasteiger partial charge in [-0.1, -0.05) is 72.0 Å². The number of hydrogen-bond acceptors (Lipinski definition) is 7. The fourth-order valence-electron chi connectivity index (χ4n) is 5.43. The van der Waals surface area contributed by atoms with Gasteiger partial charge >= 0.3 is 5.97 Å². The van der Waals surface area contributed by atoms with Gasteiger partial charge in [-0.2, -0.15) is 0 Å². The molecule has 0 saturated heterocycles. The Bertz CT molecular complexity index is 1920. The predicted molar refractivity (Wildman–Crippen MR) is 161 cm³/mol. The van der Waals surface area contributed by atoms with E-state index in [1.54, 1.807) is 44.9 Å². The molecule has 0 saturated carbocycles. The molecule has 212 valence electrons. The Labute approximate surface area is 246 Å². The van der Waals surface area contributed by atoms with Crippen LogP contribution in [0.5, 0.6) is 5.75 Å². The van der Waals surface area contributed by atoms with E-state index in [1.807, 2.05) is 66.7 Å². The van der Waals surface area contributed by atoms with Gasteiger partial charge in [0.15, 0.2) is 4.80 Å². The second kappa shape index (κ2) is 10.9. The number of rotatable bonds is 6. The number of nitrogens with zero attached hydrogens (tertiary/aromatic N) is 3. The molecule has 1 aromatic heterocycles. The normalized spacial score (nSPS) is 17.2. The van der Waals surface area contributed by atoms with E-state index < -0.39 is 12.0 Å². The smallest absolute Gasteiger partial charge is 0.338 e. The summed E-state index contributed by atoms with van der Waals surface area (Å²) in [4.78, 5) is 48.6. The zero-order chi connectivity index (χ0) is 29.5. The molecule has 42 heavy (non-hydrogen) atoms. The zero-order valence-electron chi connectivity index (χ0n) is 23.7. The summed E-state index contributed by atoms with van der Waals surface area (Å²) >= 11 is 1.16. The molecule has 6 rings (SSSR count). The first-order chi connectivity index (χ1) is 20.3. The summed E-state index contributed by atoms with van der Waals surface area (Å²) in [7, 11) is 1.58. The molecular weight excluding hydrogens is 550 g/mol. The molecule has 0 radical (unpaired) electrons. The van der Waals surface area contributed by atoms with E-state index in [0.29, 0.717) is 39.5 Å². The van der Waals surface area contributed by atoms with Gasteiger partial charge in [0, 0.05) is 5.56 Å². The number of para-hydroxylation sites is 1. The van der Waals surface area contributed by atoms with E-state index in [-0.39, 0.29) is 27.7 Å². The van der Waals surface area contributed by atoms with Crippen LogP contribution in [0.1, 0.15) is 43.5 Å². The Hall–Kier alpha value is -4.76. The number of methoxy groups -OCH3 is 1. The number of aromatic nitrogens is 1. The number of hydrogen-bond donors (Lipinski definition) is 0. The summed E-state index contributed by atoms with van der Waals surface area (Å²) in [5, 5.41) is 0. The number of esters is 1. The summed E-state index contributed by atoms with van der Waals surface area (Å²) in [6.07, 6.45) is -0.357. The van der Waals surface area contributed by atoms with Crippen LogP contribution in [0.4, 0.5) is 5.69 Å². The van der Waals surface area contributed by atoms with Gasteiger partial charge in [0.2, 0.25) is 0 Å².